The van der Waals surface area contributed by atoms with Crippen molar-refractivity contribution in [3.05, 3.63) is 95.3 Å². The van der Waals surface area contributed by atoms with Gasteiger partial charge in [-0.15, -0.1) is 0 Å². The van der Waals surface area contributed by atoms with E-state index in [-0.39, 0.29) is 5.78 Å². The summed E-state index contributed by atoms with van der Waals surface area (Å²) < 4.78 is 15.0. The highest BCUT2D eigenvalue weighted by atomic mass is 79.9. The van der Waals surface area contributed by atoms with Crippen LogP contribution in [0.2, 0.25) is 0 Å². The molecule has 0 aliphatic carbocycles. The molecule has 0 fully saturated rings. The summed E-state index contributed by atoms with van der Waals surface area (Å²) >= 11 is 13.9. The molecule has 0 aliphatic heterocycles. The van der Waals surface area contributed by atoms with Gasteiger partial charge in [0.05, 0.1) is 16.1 Å². The molecule has 3 rings (SSSR count). The first-order valence-electron chi connectivity index (χ1n) is 8.79. The number of allylic oxidation sites excluding steroid dienone is 1. The van der Waals surface area contributed by atoms with Crippen molar-refractivity contribution in [2.75, 3.05) is 7.11 Å². The Balaban J connectivity index is 1.79. The van der Waals surface area contributed by atoms with Crippen molar-refractivity contribution in [3.8, 4) is 11.5 Å². The molecule has 0 N–H and O–H groups in total. The van der Waals surface area contributed by atoms with Crippen LogP contribution in [0.15, 0.2) is 78.6 Å². The summed E-state index contributed by atoms with van der Waals surface area (Å²) in [6.45, 7) is 0.309. The highest BCUT2D eigenvalue weighted by molar-refractivity contribution is 9.11. The van der Waals surface area contributed by atoms with E-state index in [1.54, 1.807) is 31.4 Å². The molecule has 30 heavy (non-hydrogen) atoms. The van der Waals surface area contributed by atoms with Gasteiger partial charge in [-0.3, -0.25) is 4.79 Å². The average molecular weight is 660 g/mol. The molecule has 154 valence electrons. The minimum absolute atomic E-state index is 0.0624. The standard InChI is InChI=1S/C23H16Br4O3/c1-29-22-8-6-14(5-7-21(28)15-3-2-4-17(24)10-15)9-16(22)13-30-23-19(26)11-18(25)12-20(23)27/h2-12H,13H2,1H3/b7-5+. The molecule has 0 aromatic heterocycles. The van der Waals surface area contributed by atoms with Crippen molar-refractivity contribution in [1.82, 2.24) is 0 Å². The molecule has 0 unspecified atom stereocenters. The number of ketones is 1. The van der Waals surface area contributed by atoms with E-state index in [0.717, 1.165) is 34.8 Å². The molecule has 3 aromatic carbocycles. The highest BCUT2D eigenvalue weighted by Crippen LogP contribution is 2.37. The Hall–Kier alpha value is -1.41. The molecule has 0 bridgehead atoms. The lowest BCUT2D eigenvalue weighted by molar-refractivity contribution is 0.104. The lowest BCUT2D eigenvalue weighted by atomic mass is 10.1. The van der Waals surface area contributed by atoms with E-state index in [1.807, 2.05) is 42.5 Å². The Labute approximate surface area is 209 Å². The zero-order valence-corrected chi connectivity index (χ0v) is 22.1. The predicted octanol–water partition coefficient (Wildman–Crippen LogP) is 8.22. The Morgan fingerprint density at radius 1 is 0.933 bits per heavy atom. The summed E-state index contributed by atoms with van der Waals surface area (Å²) in [6, 6.07) is 16.9. The molecule has 0 spiro atoms. The van der Waals surface area contributed by atoms with E-state index in [1.165, 1.54) is 0 Å². The fourth-order valence-corrected chi connectivity index (χ4v) is 5.63. The van der Waals surface area contributed by atoms with Crippen molar-refractivity contribution >= 4 is 75.6 Å². The maximum atomic E-state index is 12.4. The summed E-state index contributed by atoms with van der Waals surface area (Å²) in [5, 5.41) is 0. The van der Waals surface area contributed by atoms with Gasteiger partial charge in [0.15, 0.2) is 5.78 Å². The monoisotopic (exact) mass is 656 g/mol. The third-order valence-electron chi connectivity index (χ3n) is 4.18. The lowest BCUT2D eigenvalue weighted by Gasteiger charge is -2.14. The Morgan fingerprint density at radius 2 is 1.67 bits per heavy atom. The second-order valence-corrected chi connectivity index (χ2v) is 9.81. The highest BCUT2D eigenvalue weighted by Gasteiger charge is 2.11. The summed E-state index contributed by atoms with van der Waals surface area (Å²) in [5.74, 6) is 1.36. The normalized spacial score (nSPS) is 11.0. The van der Waals surface area contributed by atoms with Crippen LogP contribution < -0.4 is 9.47 Å². The van der Waals surface area contributed by atoms with E-state index in [9.17, 15) is 4.79 Å². The molecule has 3 aromatic rings. The van der Waals surface area contributed by atoms with Crippen LogP contribution in [-0.4, -0.2) is 12.9 Å². The molecule has 0 radical (unpaired) electrons. The molecule has 0 saturated heterocycles. The van der Waals surface area contributed by atoms with Crippen molar-refractivity contribution in [1.29, 1.82) is 0 Å². The molecule has 0 amide bonds. The number of hydrogen-bond acceptors (Lipinski definition) is 3. The van der Waals surface area contributed by atoms with Gasteiger partial charge in [-0.1, -0.05) is 56.1 Å². The summed E-state index contributed by atoms with van der Waals surface area (Å²) in [5.41, 5.74) is 2.38. The van der Waals surface area contributed by atoms with Crippen molar-refractivity contribution in [2.24, 2.45) is 0 Å². The van der Waals surface area contributed by atoms with E-state index < -0.39 is 0 Å². The fraction of sp³-hybridized carbons (Fsp3) is 0.0870. The molecule has 3 nitrogen and oxygen atoms in total. The quantitative estimate of drug-likeness (QED) is 0.189. The Bertz CT molecular complexity index is 1090. The molecule has 0 saturated carbocycles. The topological polar surface area (TPSA) is 35.5 Å². The minimum Gasteiger partial charge on any atom is -0.496 e. The number of carbonyl (C=O) groups excluding carboxylic acids is 1. The molecular formula is C23H16Br4O3. The minimum atomic E-state index is -0.0624. The molecule has 0 heterocycles. The van der Waals surface area contributed by atoms with Crippen LogP contribution in [0.1, 0.15) is 21.5 Å². The average Bonchev–Trinajstić information content (AvgIpc) is 2.71. The van der Waals surface area contributed by atoms with Gasteiger partial charge in [0.1, 0.15) is 18.1 Å². The van der Waals surface area contributed by atoms with Crippen LogP contribution >= 0.6 is 63.7 Å². The summed E-state index contributed by atoms with van der Waals surface area (Å²) in [7, 11) is 1.62. The van der Waals surface area contributed by atoms with Gasteiger partial charge >= 0.3 is 0 Å². The van der Waals surface area contributed by atoms with Crippen molar-refractivity contribution in [3.63, 3.8) is 0 Å². The first kappa shape index (κ1) is 23.3. The smallest absolute Gasteiger partial charge is 0.185 e. The van der Waals surface area contributed by atoms with Crippen molar-refractivity contribution < 1.29 is 14.3 Å². The predicted molar refractivity (Wildman–Crippen MR) is 134 cm³/mol. The van der Waals surface area contributed by atoms with Crippen molar-refractivity contribution in [2.45, 2.75) is 6.61 Å². The number of carbonyl (C=O) groups is 1. The second kappa shape index (κ2) is 10.8. The largest absolute Gasteiger partial charge is 0.496 e. The maximum Gasteiger partial charge on any atom is 0.185 e. The van der Waals surface area contributed by atoms with Crippen LogP contribution in [0, 0.1) is 0 Å². The molecule has 0 aliphatic rings. The maximum absolute atomic E-state index is 12.4. The molecular weight excluding hydrogens is 644 g/mol. The first-order valence-corrected chi connectivity index (χ1v) is 12.0. The van der Waals surface area contributed by atoms with Crippen LogP contribution in [0.4, 0.5) is 0 Å². The number of benzene rings is 3. The van der Waals surface area contributed by atoms with E-state index >= 15 is 0 Å². The third kappa shape index (κ3) is 6.06. The van der Waals surface area contributed by atoms with Gasteiger partial charge in [-0.05, 0) is 79.9 Å². The van der Waals surface area contributed by atoms with Gasteiger partial charge < -0.3 is 9.47 Å². The first-order chi connectivity index (χ1) is 14.4. The molecule has 0 atom stereocenters. The van der Waals surface area contributed by atoms with Gasteiger partial charge in [0, 0.05) is 20.1 Å². The van der Waals surface area contributed by atoms with E-state index in [4.69, 9.17) is 9.47 Å². The fourth-order valence-electron chi connectivity index (χ4n) is 2.74. The number of methoxy groups -OCH3 is 1. The van der Waals surface area contributed by atoms with Gasteiger partial charge in [0.25, 0.3) is 0 Å². The SMILES string of the molecule is COc1ccc(/C=C/C(=O)c2cccc(Br)c2)cc1COc1c(Br)cc(Br)cc1Br. The van der Waals surface area contributed by atoms with Crippen LogP contribution in [-0.2, 0) is 6.61 Å². The number of hydrogen-bond donors (Lipinski definition) is 0. The number of halogens is 4. The summed E-state index contributed by atoms with van der Waals surface area (Å²) in [6.07, 6.45) is 3.35. The van der Waals surface area contributed by atoms with Crippen LogP contribution in [0.25, 0.3) is 6.08 Å². The van der Waals surface area contributed by atoms with Gasteiger partial charge in [-0.2, -0.15) is 0 Å². The van der Waals surface area contributed by atoms with Crippen LogP contribution in [0.5, 0.6) is 11.5 Å². The zero-order chi connectivity index (χ0) is 21.7. The van der Waals surface area contributed by atoms with Gasteiger partial charge in [-0.25, -0.2) is 0 Å². The third-order valence-corrected chi connectivity index (χ3v) is 6.30. The zero-order valence-electron chi connectivity index (χ0n) is 15.8. The number of ether oxygens (including phenoxy) is 2. The summed E-state index contributed by atoms with van der Waals surface area (Å²) in [4.78, 5) is 12.4. The number of rotatable bonds is 7. The van der Waals surface area contributed by atoms with Gasteiger partial charge in [0.2, 0.25) is 0 Å². The van der Waals surface area contributed by atoms with E-state index in [0.29, 0.717) is 17.9 Å². The van der Waals surface area contributed by atoms with Crippen LogP contribution in [0.3, 0.4) is 0 Å². The Morgan fingerprint density at radius 3 is 2.33 bits per heavy atom. The Kier molecular flexibility index (Phi) is 8.34. The lowest BCUT2D eigenvalue weighted by Crippen LogP contribution is -2.00. The second-order valence-electron chi connectivity index (χ2n) is 6.27. The molecule has 7 heteroatoms. The van der Waals surface area contributed by atoms with E-state index in [2.05, 4.69) is 63.7 Å².